The van der Waals surface area contributed by atoms with Crippen LogP contribution in [0.1, 0.15) is 12.8 Å². The number of benzene rings is 2. The summed E-state index contributed by atoms with van der Waals surface area (Å²) in [6.45, 7) is 1.68. The molecule has 4 nitrogen and oxygen atoms in total. The molecule has 1 N–H and O–H groups in total. The smallest absolute Gasteiger partial charge is 0.259 e. The Morgan fingerprint density at radius 3 is 2.52 bits per heavy atom. The van der Waals surface area contributed by atoms with Crippen molar-refractivity contribution >= 4 is 27.7 Å². The second-order valence-corrected chi connectivity index (χ2v) is 7.27. The second-order valence-electron chi connectivity index (χ2n) is 5.31. The number of halogens is 1. The summed E-state index contributed by atoms with van der Waals surface area (Å²) in [5.41, 5.74) is -0.337. The lowest BCUT2D eigenvalue weighted by molar-refractivity contribution is 0.0469. The summed E-state index contributed by atoms with van der Waals surface area (Å²) in [6.07, 6.45) is 0. The van der Waals surface area contributed by atoms with Gasteiger partial charge < -0.3 is 9.63 Å². The van der Waals surface area contributed by atoms with Crippen molar-refractivity contribution < 1.29 is 9.63 Å². The largest absolute Gasteiger partial charge is 0.379 e. The van der Waals surface area contributed by atoms with E-state index < -0.39 is 5.60 Å². The van der Waals surface area contributed by atoms with Gasteiger partial charge in [0.15, 0.2) is 0 Å². The van der Waals surface area contributed by atoms with E-state index in [-0.39, 0.29) is 5.89 Å². The zero-order chi connectivity index (χ0) is 16.3. The molecular formula is C17H15BrN2O2S. The maximum atomic E-state index is 10.6. The molecule has 1 atom stereocenters. The van der Waals surface area contributed by atoms with Gasteiger partial charge in [0.2, 0.25) is 5.82 Å². The quantitative estimate of drug-likeness (QED) is 0.649. The number of aliphatic hydroxyl groups is 1. The Labute approximate surface area is 147 Å². The van der Waals surface area contributed by atoms with Crippen LogP contribution in [0.2, 0.25) is 0 Å². The van der Waals surface area contributed by atoms with Crippen molar-refractivity contribution in [2.45, 2.75) is 17.4 Å². The molecule has 23 heavy (non-hydrogen) atoms. The Morgan fingerprint density at radius 2 is 1.83 bits per heavy atom. The molecule has 0 aliphatic heterocycles. The molecule has 3 rings (SSSR count). The first-order valence-corrected chi connectivity index (χ1v) is 8.83. The van der Waals surface area contributed by atoms with E-state index in [1.165, 1.54) is 11.8 Å². The van der Waals surface area contributed by atoms with Gasteiger partial charge in [0, 0.05) is 20.7 Å². The van der Waals surface area contributed by atoms with Gasteiger partial charge in [-0.25, -0.2) is 0 Å². The molecule has 2 aromatic carbocycles. The minimum atomic E-state index is -1.20. The lowest BCUT2D eigenvalue weighted by Crippen LogP contribution is -2.24. The van der Waals surface area contributed by atoms with Crippen molar-refractivity contribution in [2.24, 2.45) is 0 Å². The van der Waals surface area contributed by atoms with E-state index in [4.69, 9.17) is 4.52 Å². The highest BCUT2D eigenvalue weighted by Crippen LogP contribution is 2.30. The van der Waals surface area contributed by atoms with Gasteiger partial charge >= 0.3 is 0 Å². The highest BCUT2D eigenvalue weighted by atomic mass is 79.9. The lowest BCUT2D eigenvalue weighted by atomic mass is 10.1. The molecule has 0 aliphatic carbocycles. The van der Waals surface area contributed by atoms with Crippen molar-refractivity contribution in [3.8, 4) is 11.4 Å². The van der Waals surface area contributed by atoms with Gasteiger partial charge in [-0.1, -0.05) is 51.4 Å². The van der Waals surface area contributed by atoms with Crippen LogP contribution >= 0.6 is 27.7 Å². The normalized spacial score (nSPS) is 13.7. The van der Waals surface area contributed by atoms with Crippen molar-refractivity contribution in [3.05, 3.63) is 65.0 Å². The minimum Gasteiger partial charge on any atom is -0.379 e. The molecule has 0 amide bonds. The SMILES string of the molecule is CC(O)(CSc1ccc(Br)cc1)c1nc(-c2ccccc2)no1. The summed E-state index contributed by atoms with van der Waals surface area (Å²) < 4.78 is 6.29. The Bertz CT molecular complexity index is 773. The molecule has 0 bridgehead atoms. The van der Waals surface area contributed by atoms with Gasteiger partial charge in [0.1, 0.15) is 5.60 Å². The number of aromatic nitrogens is 2. The van der Waals surface area contributed by atoms with Crippen LogP contribution in [0.3, 0.4) is 0 Å². The van der Waals surface area contributed by atoms with Gasteiger partial charge in [0.05, 0.1) is 0 Å². The molecule has 1 heterocycles. The zero-order valence-corrected chi connectivity index (χ0v) is 14.8. The Morgan fingerprint density at radius 1 is 1.13 bits per heavy atom. The predicted molar refractivity (Wildman–Crippen MR) is 94.2 cm³/mol. The summed E-state index contributed by atoms with van der Waals surface area (Å²) >= 11 is 4.94. The topological polar surface area (TPSA) is 59.2 Å². The lowest BCUT2D eigenvalue weighted by Gasteiger charge is -2.17. The van der Waals surface area contributed by atoms with Gasteiger partial charge in [0.25, 0.3) is 5.89 Å². The van der Waals surface area contributed by atoms with Crippen LogP contribution in [0.4, 0.5) is 0 Å². The average Bonchev–Trinajstić information content (AvgIpc) is 3.06. The van der Waals surface area contributed by atoms with E-state index in [9.17, 15) is 5.11 Å². The number of hydrogen-bond donors (Lipinski definition) is 1. The molecule has 1 aromatic heterocycles. The van der Waals surface area contributed by atoms with E-state index in [0.29, 0.717) is 11.6 Å². The molecule has 0 aliphatic rings. The third-order valence-corrected chi connectivity index (χ3v) is 5.09. The van der Waals surface area contributed by atoms with Crippen LogP contribution in [0, 0.1) is 0 Å². The maximum absolute atomic E-state index is 10.6. The van der Waals surface area contributed by atoms with Crippen molar-refractivity contribution in [1.82, 2.24) is 10.1 Å². The molecule has 3 aromatic rings. The highest BCUT2D eigenvalue weighted by molar-refractivity contribution is 9.10. The van der Waals surface area contributed by atoms with E-state index in [1.54, 1.807) is 6.92 Å². The van der Waals surface area contributed by atoms with Crippen LogP contribution < -0.4 is 0 Å². The van der Waals surface area contributed by atoms with E-state index in [2.05, 4.69) is 26.1 Å². The van der Waals surface area contributed by atoms with Gasteiger partial charge in [-0.2, -0.15) is 4.98 Å². The number of thioether (sulfide) groups is 1. The number of nitrogens with zero attached hydrogens (tertiary/aromatic N) is 2. The molecule has 1 unspecified atom stereocenters. The standard InChI is InChI=1S/C17H15BrN2O2S/c1-17(21,11-23-14-9-7-13(18)8-10-14)16-19-15(20-22-16)12-5-3-2-4-6-12/h2-10,21H,11H2,1H3. The summed E-state index contributed by atoms with van der Waals surface area (Å²) in [6, 6.07) is 17.5. The van der Waals surface area contributed by atoms with E-state index in [1.807, 2.05) is 54.6 Å². The van der Waals surface area contributed by atoms with Crippen LogP contribution in [0.5, 0.6) is 0 Å². The molecule has 0 saturated heterocycles. The van der Waals surface area contributed by atoms with Gasteiger partial charge in [-0.05, 0) is 31.2 Å². The molecule has 0 spiro atoms. The van der Waals surface area contributed by atoms with Crippen LogP contribution in [0.15, 0.2) is 68.5 Å². The molecule has 118 valence electrons. The summed E-state index contributed by atoms with van der Waals surface area (Å²) in [5.74, 6) is 1.13. The molecule has 0 saturated carbocycles. The highest BCUT2D eigenvalue weighted by Gasteiger charge is 2.30. The third-order valence-electron chi connectivity index (χ3n) is 3.25. The van der Waals surface area contributed by atoms with Crippen LogP contribution in [-0.4, -0.2) is 21.0 Å². The Hall–Kier alpha value is -1.63. The van der Waals surface area contributed by atoms with Gasteiger partial charge in [-0.15, -0.1) is 11.8 Å². The zero-order valence-electron chi connectivity index (χ0n) is 12.4. The van der Waals surface area contributed by atoms with E-state index >= 15 is 0 Å². The van der Waals surface area contributed by atoms with Crippen LogP contribution in [0.25, 0.3) is 11.4 Å². The van der Waals surface area contributed by atoms with Crippen molar-refractivity contribution in [2.75, 3.05) is 5.75 Å². The Balaban J connectivity index is 1.72. The maximum Gasteiger partial charge on any atom is 0.259 e. The minimum absolute atomic E-state index is 0.223. The molecular weight excluding hydrogens is 376 g/mol. The summed E-state index contributed by atoms with van der Waals surface area (Å²) in [4.78, 5) is 5.40. The summed E-state index contributed by atoms with van der Waals surface area (Å²) in [5, 5.41) is 14.6. The first-order chi connectivity index (χ1) is 11.0. The van der Waals surface area contributed by atoms with Crippen molar-refractivity contribution in [1.29, 1.82) is 0 Å². The second kappa shape index (κ2) is 6.86. The fraction of sp³-hybridized carbons (Fsp3) is 0.176. The average molecular weight is 391 g/mol. The molecule has 0 radical (unpaired) electrons. The molecule has 0 fully saturated rings. The third kappa shape index (κ3) is 4.02. The fourth-order valence-corrected chi connectivity index (χ4v) is 3.13. The number of hydrogen-bond acceptors (Lipinski definition) is 5. The van der Waals surface area contributed by atoms with Gasteiger partial charge in [-0.3, -0.25) is 0 Å². The van der Waals surface area contributed by atoms with Crippen molar-refractivity contribution in [3.63, 3.8) is 0 Å². The first-order valence-electron chi connectivity index (χ1n) is 7.05. The van der Waals surface area contributed by atoms with E-state index in [0.717, 1.165) is 14.9 Å². The summed E-state index contributed by atoms with van der Waals surface area (Å²) in [7, 11) is 0. The monoisotopic (exact) mass is 390 g/mol. The number of rotatable bonds is 5. The Kier molecular flexibility index (Phi) is 4.84. The fourth-order valence-electron chi connectivity index (χ4n) is 1.96. The van der Waals surface area contributed by atoms with Crippen LogP contribution in [-0.2, 0) is 5.60 Å². The first kappa shape index (κ1) is 16.2. The predicted octanol–water partition coefficient (Wildman–Crippen LogP) is 4.50. The molecule has 6 heteroatoms.